The van der Waals surface area contributed by atoms with Gasteiger partial charge in [0.05, 0.1) is 6.04 Å². The van der Waals surface area contributed by atoms with Crippen molar-refractivity contribution in [2.75, 3.05) is 13.2 Å². The third kappa shape index (κ3) is 3.96. The minimum atomic E-state index is -1.05. The summed E-state index contributed by atoms with van der Waals surface area (Å²) < 4.78 is 5.56. The van der Waals surface area contributed by atoms with Crippen LogP contribution in [-0.2, 0) is 11.2 Å². The molecule has 7 nitrogen and oxygen atoms in total. The fourth-order valence-corrected chi connectivity index (χ4v) is 3.39. The minimum Gasteiger partial charge on any atom is -0.483 e. The first-order valence-corrected chi connectivity index (χ1v) is 8.56. The van der Waals surface area contributed by atoms with E-state index >= 15 is 0 Å². The zero-order chi connectivity index (χ0) is 19.4. The van der Waals surface area contributed by atoms with Gasteiger partial charge in [0.2, 0.25) is 0 Å². The number of amides is 2. The van der Waals surface area contributed by atoms with Crippen molar-refractivity contribution in [3.05, 3.63) is 64.2 Å². The van der Waals surface area contributed by atoms with Crippen molar-refractivity contribution in [3.63, 3.8) is 0 Å². The molecule has 0 saturated carbocycles. The number of ether oxygens (including phenoxy) is 1. The van der Waals surface area contributed by atoms with Crippen molar-refractivity contribution < 1.29 is 19.4 Å². The molecular formula is C19H16ClN3O4. The fraction of sp³-hybridized carbons (Fsp3) is 0.211. The summed E-state index contributed by atoms with van der Waals surface area (Å²) in [7, 11) is 0. The Labute approximate surface area is 160 Å². The lowest BCUT2D eigenvalue weighted by Crippen LogP contribution is -2.40. The third-order valence-corrected chi connectivity index (χ3v) is 4.58. The van der Waals surface area contributed by atoms with Gasteiger partial charge in [0.25, 0.3) is 5.91 Å². The van der Waals surface area contributed by atoms with E-state index in [0.29, 0.717) is 29.3 Å². The lowest BCUT2D eigenvalue weighted by Gasteiger charge is -2.36. The number of halogens is 1. The van der Waals surface area contributed by atoms with Gasteiger partial charge in [0, 0.05) is 17.1 Å². The van der Waals surface area contributed by atoms with Crippen molar-refractivity contribution >= 4 is 23.6 Å². The van der Waals surface area contributed by atoms with Gasteiger partial charge in [0.15, 0.2) is 12.8 Å². The number of nitrogens with zero attached hydrogens (tertiary/aromatic N) is 2. The Bertz CT molecular complexity index is 925. The second-order valence-corrected chi connectivity index (χ2v) is 6.39. The summed E-state index contributed by atoms with van der Waals surface area (Å²) in [5.41, 5.74) is 2.44. The largest absolute Gasteiger partial charge is 0.483 e. The molecule has 1 aliphatic rings. The summed E-state index contributed by atoms with van der Waals surface area (Å²) in [5.74, 6) is -0.266. The van der Waals surface area contributed by atoms with Crippen LogP contribution in [0.4, 0.5) is 4.79 Å². The Kier molecular flexibility index (Phi) is 5.48. The van der Waals surface area contributed by atoms with E-state index in [9.17, 15) is 14.7 Å². The Morgan fingerprint density at radius 1 is 1.30 bits per heavy atom. The molecule has 27 heavy (non-hydrogen) atoms. The van der Waals surface area contributed by atoms with E-state index in [0.717, 1.165) is 11.1 Å². The van der Waals surface area contributed by atoms with Crippen LogP contribution in [-0.4, -0.2) is 35.2 Å². The van der Waals surface area contributed by atoms with E-state index in [-0.39, 0.29) is 6.61 Å². The van der Waals surface area contributed by atoms with Gasteiger partial charge >= 0.3 is 6.09 Å². The molecular weight excluding hydrogens is 370 g/mol. The van der Waals surface area contributed by atoms with E-state index < -0.39 is 18.0 Å². The lowest BCUT2D eigenvalue weighted by atomic mass is 9.88. The molecule has 1 unspecified atom stereocenters. The summed E-state index contributed by atoms with van der Waals surface area (Å²) >= 11 is 6.16. The van der Waals surface area contributed by atoms with Crippen LogP contribution in [0.1, 0.15) is 22.7 Å². The van der Waals surface area contributed by atoms with Gasteiger partial charge in [-0.05, 0) is 35.7 Å². The topological polar surface area (TPSA) is 103 Å². The van der Waals surface area contributed by atoms with Gasteiger partial charge in [0.1, 0.15) is 5.75 Å². The molecule has 0 radical (unpaired) electrons. The summed E-state index contributed by atoms with van der Waals surface area (Å²) in [6.45, 7) is -0.0402. The fourth-order valence-electron chi connectivity index (χ4n) is 3.21. The Morgan fingerprint density at radius 2 is 2.07 bits per heavy atom. The lowest BCUT2D eigenvalue weighted by molar-refractivity contribution is -0.121. The highest BCUT2D eigenvalue weighted by Gasteiger charge is 2.34. The predicted molar refractivity (Wildman–Crippen MR) is 97.4 cm³/mol. The first kappa shape index (κ1) is 18.5. The number of hydrogen-bond donors (Lipinski definition) is 2. The van der Waals surface area contributed by atoms with Gasteiger partial charge in [-0.3, -0.25) is 15.0 Å². The summed E-state index contributed by atoms with van der Waals surface area (Å²) in [6, 6.07) is 11.8. The SMILES string of the molecule is N#CNC(=O)COc1ccc(Cl)cc1C1c2ccccc2CCN1C(=O)O. The normalized spacial score (nSPS) is 15.4. The van der Waals surface area contributed by atoms with Crippen molar-refractivity contribution in [1.82, 2.24) is 10.2 Å². The average Bonchev–Trinajstić information content (AvgIpc) is 2.66. The first-order valence-electron chi connectivity index (χ1n) is 8.19. The van der Waals surface area contributed by atoms with E-state index in [1.54, 1.807) is 18.2 Å². The third-order valence-electron chi connectivity index (χ3n) is 4.35. The van der Waals surface area contributed by atoms with Crippen LogP contribution in [0.15, 0.2) is 42.5 Å². The monoisotopic (exact) mass is 385 g/mol. The molecule has 2 aromatic rings. The Balaban J connectivity index is 2.04. The number of carbonyl (C=O) groups is 2. The Morgan fingerprint density at radius 3 is 2.81 bits per heavy atom. The van der Waals surface area contributed by atoms with Crippen LogP contribution in [0.3, 0.4) is 0 Å². The van der Waals surface area contributed by atoms with Crippen molar-refractivity contribution in [3.8, 4) is 11.9 Å². The molecule has 8 heteroatoms. The highest BCUT2D eigenvalue weighted by molar-refractivity contribution is 6.30. The molecule has 1 atom stereocenters. The Hall–Kier alpha value is -3.24. The zero-order valence-corrected chi connectivity index (χ0v) is 14.9. The molecule has 0 aromatic heterocycles. The van der Waals surface area contributed by atoms with Crippen molar-refractivity contribution in [1.29, 1.82) is 5.26 Å². The number of benzene rings is 2. The van der Waals surface area contributed by atoms with Gasteiger partial charge in [-0.15, -0.1) is 0 Å². The summed E-state index contributed by atoms with van der Waals surface area (Å²) in [6.07, 6.45) is 1.10. The first-order chi connectivity index (χ1) is 13.0. The molecule has 0 fully saturated rings. The molecule has 2 amide bonds. The molecule has 0 spiro atoms. The molecule has 2 N–H and O–H groups in total. The molecule has 1 aliphatic heterocycles. The van der Waals surface area contributed by atoms with Gasteiger partial charge in [-0.2, -0.15) is 5.26 Å². The quantitative estimate of drug-likeness (QED) is 0.622. The summed E-state index contributed by atoms with van der Waals surface area (Å²) in [4.78, 5) is 24.7. The van der Waals surface area contributed by atoms with Gasteiger partial charge < -0.3 is 9.84 Å². The van der Waals surface area contributed by atoms with Crippen LogP contribution < -0.4 is 10.1 Å². The number of rotatable bonds is 4. The maximum Gasteiger partial charge on any atom is 0.408 e. The van der Waals surface area contributed by atoms with Gasteiger partial charge in [-0.25, -0.2) is 4.79 Å². The second kappa shape index (κ2) is 7.98. The van der Waals surface area contributed by atoms with Gasteiger partial charge in [-0.1, -0.05) is 35.9 Å². The number of carboxylic acid groups (broad SMARTS) is 1. The maximum atomic E-state index is 11.8. The zero-order valence-electron chi connectivity index (χ0n) is 14.2. The van der Waals surface area contributed by atoms with E-state index in [1.807, 2.05) is 29.6 Å². The van der Waals surface area contributed by atoms with E-state index in [2.05, 4.69) is 0 Å². The van der Waals surface area contributed by atoms with Crippen LogP contribution in [0.5, 0.6) is 5.75 Å². The predicted octanol–water partition coefficient (Wildman–Crippen LogP) is 2.94. The molecule has 0 saturated heterocycles. The minimum absolute atomic E-state index is 0.331. The number of fused-ring (bicyclic) bond motifs is 1. The number of carbonyl (C=O) groups excluding carboxylic acids is 1. The van der Waals surface area contributed by atoms with E-state index in [1.165, 1.54) is 11.1 Å². The standard InChI is InChI=1S/C19H16ClN3O4/c20-13-5-6-16(27-10-17(24)22-11-21)15(9-13)18-14-4-2-1-3-12(14)7-8-23(18)19(25)26/h1-6,9,18H,7-8,10H2,(H,22,24)(H,25,26). The number of nitriles is 1. The van der Waals surface area contributed by atoms with Crippen molar-refractivity contribution in [2.45, 2.75) is 12.5 Å². The second-order valence-electron chi connectivity index (χ2n) is 5.96. The maximum absolute atomic E-state index is 11.8. The smallest absolute Gasteiger partial charge is 0.408 e. The molecule has 1 heterocycles. The molecule has 0 bridgehead atoms. The number of nitrogens with one attached hydrogen (secondary N) is 1. The molecule has 138 valence electrons. The van der Waals surface area contributed by atoms with Crippen LogP contribution >= 0.6 is 11.6 Å². The van der Waals surface area contributed by atoms with E-state index in [4.69, 9.17) is 21.6 Å². The average molecular weight is 386 g/mol. The van der Waals surface area contributed by atoms with Crippen molar-refractivity contribution in [2.24, 2.45) is 0 Å². The highest BCUT2D eigenvalue weighted by atomic mass is 35.5. The summed E-state index contributed by atoms with van der Waals surface area (Å²) in [5, 5.41) is 20.6. The van der Waals surface area contributed by atoms with Crippen LogP contribution in [0.25, 0.3) is 0 Å². The van der Waals surface area contributed by atoms with Crippen LogP contribution in [0, 0.1) is 11.5 Å². The van der Waals surface area contributed by atoms with Crippen LogP contribution in [0.2, 0.25) is 5.02 Å². The number of hydrogen-bond acceptors (Lipinski definition) is 4. The highest BCUT2D eigenvalue weighted by Crippen LogP contribution is 2.40. The molecule has 0 aliphatic carbocycles. The molecule has 3 rings (SSSR count). The molecule has 2 aromatic carbocycles.